The summed E-state index contributed by atoms with van der Waals surface area (Å²) >= 11 is 5.15. The first kappa shape index (κ1) is 53.6. The van der Waals surface area contributed by atoms with E-state index in [2.05, 4.69) is 72.8 Å². The van der Waals surface area contributed by atoms with Crippen LogP contribution in [0.4, 0.5) is 87.8 Å². The van der Waals surface area contributed by atoms with Crippen molar-refractivity contribution in [2.45, 2.75) is 29.3 Å². The smallest absolute Gasteiger partial charge is 0.221 e. The molecule has 374 valence electrons. The number of benzene rings is 6. The lowest BCUT2D eigenvalue weighted by atomic mass is 9.12. The molecule has 0 N–H and O–H groups in total. The predicted octanol–water partition coefficient (Wildman–Crippen LogP) is 13.1. The van der Waals surface area contributed by atoms with Gasteiger partial charge in [0.25, 0.3) is 0 Å². The molecule has 0 spiro atoms. The Bertz CT molecular complexity index is 3020. The van der Waals surface area contributed by atoms with Gasteiger partial charge in [-0.3, -0.25) is 4.79 Å². The molecule has 0 bridgehead atoms. The summed E-state index contributed by atoms with van der Waals surface area (Å²) in [7, 11) is -0.0994. The van der Waals surface area contributed by atoms with Crippen molar-refractivity contribution in [3.05, 3.63) is 206 Å². The third-order valence-corrected chi connectivity index (χ3v) is 16.7. The van der Waals surface area contributed by atoms with Gasteiger partial charge in [-0.15, -0.1) is 33.2 Å². The van der Waals surface area contributed by atoms with Crippen LogP contribution in [0.5, 0.6) is 0 Å². The summed E-state index contributed by atoms with van der Waals surface area (Å²) in [6, 6.07) is 29.8. The lowest BCUT2D eigenvalue weighted by molar-refractivity contribution is 0.102. The molecule has 2 heterocycles. The first-order chi connectivity index (χ1) is 33.9. The summed E-state index contributed by atoms with van der Waals surface area (Å²) in [5.74, 6) is -71.3. The summed E-state index contributed by atoms with van der Waals surface area (Å²) in [6.45, 7) is 1.62. The SMILES string of the molecule is CC(=O)c1ccc(Sc2ccc([S+](c3ccccc3)c3ccccc3)s2)s1.Fc1c(F)c(F)c([B-](c2c(F)c(F)c(F)c(F)c2F)(c2c(F)c(F)c(F)c(F)c2F)c2c(F)c(F)c(F)c(F)c2F)c(F)c1F. The number of hydrogen-bond donors (Lipinski definition) is 0. The van der Waals surface area contributed by atoms with Gasteiger partial charge in [-0.25, -0.2) is 87.8 Å². The molecule has 8 rings (SSSR count). The molecule has 0 unspecified atom stereocenters. The van der Waals surface area contributed by atoms with Crippen LogP contribution in [-0.4, -0.2) is 11.9 Å². The second kappa shape index (κ2) is 20.7. The monoisotopic (exact) mass is 1100 g/mol. The van der Waals surface area contributed by atoms with Crippen LogP contribution < -0.4 is 21.9 Å². The zero-order chi connectivity index (χ0) is 53.0. The van der Waals surface area contributed by atoms with Gasteiger partial charge in [-0.05, 0) is 49.4 Å². The van der Waals surface area contributed by atoms with Crippen molar-refractivity contribution in [1.82, 2.24) is 0 Å². The molecule has 0 aliphatic heterocycles. The van der Waals surface area contributed by atoms with Crippen molar-refractivity contribution in [1.29, 1.82) is 0 Å². The van der Waals surface area contributed by atoms with Crippen molar-refractivity contribution >= 4 is 79.1 Å². The van der Waals surface area contributed by atoms with Gasteiger partial charge in [0, 0.05) is 6.07 Å². The fourth-order valence-corrected chi connectivity index (χ4v) is 13.8. The van der Waals surface area contributed by atoms with Crippen LogP contribution >= 0.6 is 34.4 Å². The Morgan fingerprint density at radius 3 is 0.903 bits per heavy atom. The number of carbonyl (C=O) groups is 1. The molecule has 0 amide bonds. The van der Waals surface area contributed by atoms with Gasteiger partial charge in [-0.1, -0.05) is 59.5 Å². The second-order valence-electron chi connectivity index (χ2n) is 14.6. The Morgan fingerprint density at radius 2 is 0.625 bits per heavy atom. The Balaban J connectivity index is 0.000000238. The van der Waals surface area contributed by atoms with Crippen molar-refractivity contribution in [3.63, 3.8) is 0 Å². The largest absolute Gasteiger partial charge is 0.294 e. The molecule has 72 heavy (non-hydrogen) atoms. The Labute approximate surface area is 405 Å². The zero-order valence-corrected chi connectivity index (χ0v) is 38.0. The lowest BCUT2D eigenvalue weighted by Crippen LogP contribution is -2.81. The third-order valence-electron chi connectivity index (χ3n) is 10.6. The molecular weight excluding hydrogens is 1090 g/mol. The predicted molar refractivity (Wildman–Crippen MR) is 227 cm³/mol. The number of rotatable bonds is 10. The van der Waals surface area contributed by atoms with Crippen LogP contribution in [-0.2, 0) is 10.9 Å². The molecule has 0 aliphatic carbocycles. The number of ketones is 1. The topological polar surface area (TPSA) is 17.1 Å². The van der Waals surface area contributed by atoms with Gasteiger partial charge in [0.1, 0.15) is 63.6 Å². The van der Waals surface area contributed by atoms with Crippen molar-refractivity contribution in [2.75, 3.05) is 0 Å². The molecule has 0 saturated carbocycles. The summed E-state index contributed by atoms with van der Waals surface area (Å²) in [5, 5.41) is 0. The summed E-state index contributed by atoms with van der Waals surface area (Å²) in [5.41, 5.74) is -14.3. The Morgan fingerprint density at radius 1 is 0.361 bits per heavy atom. The van der Waals surface area contributed by atoms with E-state index in [1.807, 2.05) is 23.5 Å². The fraction of sp³-hybridized carbons (Fsp3) is 0.0217. The van der Waals surface area contributed by atoms with Crippen LogP contribution in [0.1, 0.15) is 16.6 Å². The standard InChI is InChI=1S/C24BF20.C22H17OS4/c26-5-1(6(27)14(35)21(42)13(5)34)25(2-7(28)15(36)22(43)16(37)8(2)29,3-9(30)17(38)23(44)18(39)10(3)31)4-11(32)19(40)24(45)20(41)12(4)33;1-16(23)19-12-13-20(24-19)25-21-14-15-22(26-21)27(17-8-4-2-5-9-17)18-10-6-3-7-11-18/h;2-15H,1H3/q-1;+1. The van der Waals surface area contributed by atoms with Gasteiger partial charge in [-0.2, -0.15) is 0 Å². The molecule has 0 aliphatic rings. The van der Waals surface area contributed by atoms with E-state index in [4.69, 9.17) is 0 Å². The van der Waals surface area contributed by atoms with Gasteiger partial charge in [0.2, 0.25) is 4.21 Å². The molecule has 2 aromatic heterocycles. The van der Waals surface area contributed by atoms with Gasteiger partial charge in [0.15, 0.2) is 85.4 Å². The van der Waals surface area contributed by atoms with E-state index in [0.717, 1.165) is 9.09 Å². The normalized spacial score (nSPS) is 11.6. The molecule has 0 atom stereocenters. The average molecular weight is 1100 g/mol. The first-order valence-electron chi connectivity index (χ1n) is 19.4. The van der Waals surface area contributed by atoms with Crippen LogP contribution in [0.3, 0.4) is 0 Å². The number of thiophene rings is 2. The van der Waals surface area contributed by atoms with E-state index >= 15 is 35.1 Å². The molecule has 0 saturated heterocycles. The highest BCUT2D eigenvalue weighted by molar-refractivity contribution is 8.04. The van der Waals surface area contributed by atoms with E-state index in [0.29, 0.717) is 0 Å². The minimum absolute atomic E-state index is 0.0994. The van der Waals surface area contributed by atoms with E-state index in [1.165, 1.54) is 18.2 Å². The van der Waals surface area contributed by atoms with Crippen molar-refractivity contribution in [2.24, 2.45) is 0 Å². The second-order valence-corrected chi connectivity index (χ2v) is 20.6. The number of carbonyl (C=O) groups excluding carboxylic acids is 1. The molecular formula is C46H17BF20OS4. The van der Waals surface area contributed by atoms with E-state index in [9.17, 15) is 57.5 Å². The van der Waals surface area contributed by atoms with Crippen LogP contribution in [0.25, 0.3) is 0 Å². The Kier molecular flexibility index (Phi) is 15.4. The maximum Gasteiger partial charge on any atom is 0.221 e. The maximum absolute atomic E-state index is 15.4. The van der Waals surface area contributed by atoms with E-state index in [-0.39, 0.29) is 16.7 Å². The summed E-state index contributed by atoms with van der Waals surface area (Å²) < 4.78 is 298. The molecule has 0 fully saturated rings. The molecule has 1 nitrogen and oxygen atoms in total. The van der Waals surface area contributed by atoms with Gasteiger partial charge >= 0.3 is 0 Å². The maximum atomic E-state index is 15.4. The highest BCUT2D eigenvalue weighted by Gasteiger charge is 2.52. The minimum atomic E-state index is -7.22. The van der Waals surface area contributed by atoms with Crippen LogP contribution in [0.15, 0.2) is 107 Å². The highest BCUT2D eigenvalue weighted by atomic mass is 32.2. The average Bonchev–Trinajstić information content (AvgIpc) is 4.05. The van der Waals surface area contributed by atoms with Crippen molar-refractivity contribution in [3.8, 4) is 0 Å². The third kappa shape index (κ3) is 8.92. The number of hydrogen-bond acceptors (Lipinski definition) is 4. The molecule has 6 aromatic carbocycles. The molecule has 8 aromatic rings. The fourth-order valence-electron chi connectivity index (χ4n) is 7.49. The minimum Gasteiger partial charge on any atom is -0.294 e. The summed E-state index contributed by atoms with van der Waals surface area (Å²) in [6.07, 6.45) is -7.22. The molecule has 0 radical (unpaired) electrons. The van der Waals surface area contributed by atoms with Crippen LogP contribution in [0.2, 0.25) is 0 Å². The zero-order valence-electron chi connectivity index (χ0n) is 34.8. The quantitative estimate of drug-likeness (QED) is 0.0339. The first-order valence-corrected chi connectivity index (χ1v) is 23.0. The number of halogens is 20. The molecule has 26 heteroatoms. The number of Topliss-reactive ketones (excluding diaryl/α,β-unsaturated/α-hetero) is 1. The summed E-state index contributed by atoms with van der Waals surface area (Å²) in [4.78, 5) is 15.0. The van der Waals surface area contributed by atoms with E-state index < -0.39 is 144 Å². The van der Waals surface area contributed by atoms with Crippen molar-refractivity contribution < 1.29 is 92.6 Å². The highest BCUT2D eigenvalue weighted by Crippen LogP contribution is 2.42. The van der Waals surface area contributed by atoms with Crippen LogP contribution in [0, 0.1) is 116 Å². The van der Waals surface area contributed by atoms with E-state index in [1.54, 1.807) is 30.0 Å². The van der Waals surface area contributed by atoms with Gasteiger partial charge < -0.3 is 0 Å². The van der Waals surface area contributed by atoms with Gasteiger partial charge in [0.05, 0.1) is 13.3 Å². The Hall–Kier alpha value is -6.25. The lowest BCUT2D eigenvalue weighted by Gasteiger charge is -2.44.